The highest BCUT2D eigenvalue weighted by Gasteiger charge is 2.23. The molecule has 0 aliphatic carbocycles. The second-order valence-electron chi connectivity index (χ2n) is 7.04. The second kappa shape index (κ2) is 6.88. The van der Waals surface area contributed by atoms with Gasteiger partial charge in [-0.3, -0.25) is 9.10 Å². The summed E-state index contributed by atoms with van der Waals surface area (Å²) in [6.07, 6.45) is 0. The number of nitrogens with one attached hydrogen (secondary N) is 1. The van der Waals surface area contributed by atoms with Crippen LogP contribution in [0, 0.1) is 6.92 Å². The van der Waals surface area contributed by atoms with Crippen LogP contribution in [0.1, 0.15) is 36.7 Å². The first-order valence-corrected chi connectivity index (χ1v) is 9.43. The average molecular weight is 360 g/mol. The Balaban J connectivity index is 2.37. The number of amides is 1. The summed E-state index contributed by atoms with van der Waals surface area (Å²) < 4.78 is 27.0. The third-order valence-electron chi connectivity index (χ3n) is 3.61. The second-order valence-corrected chi connectivity index (χ2v) is 9.01. The Hall–Kier alpha value is -2.34. The van der Waals surface area contributed by atoms with Gasteiger partial charge in [-0.2, -0.15) is 0 Å². The van der Waals surface area contributed by atoms with Gasteiger partial charge in [-0.05, 0) is 63.6 Å². The van der Waals surface area contributed by atoms with Gasteiger partial charge >= 0.3 is 0 Å². The zero-order chi connectivity index (χ0) is 18.8. The van der Waals surface area contributed by atoms with E-state index in [9.17, 15) is 13.2 Å². The van der Waals surface area contributed by atoms with Crippen LogP contribution >= 0.6 is 0 Å². The quantitative estimate of drug-likeness (QED) is 0.909. The lowest BCUT2D eigenvalue weighted by atomic mass is 10.1. The molecule has 0 spiro atoms. The normalized spacial score (nSPS) is 11.9. The molecule has 0 aliphatic heterocycles. The molecule has 0 radical (unpaired) electrons. The molecule has 5 nitrogen and oxygen atoms in total. The molecule has 6 heteroatoms. The van der Waals surface area contributed by atoms with E-state index in [4.69, 9.17) is 0 Å². The van der Waals surface area contributed by atoms with Crippen molar-refractivity contribution in [2.45, 2.75) is 38.1 Å². The Morgan fingerprint density at radius 2 is 1.68 bits per heavy atom. The number of rotatable bonds is 4. The molecule has 0 atom stereocenters. The van der Waals surface area contributed by atoms with Crippen molar-refractivity contribution in [3.63, 3.8) is 0 Å². The summed E-state index contributed by atoms with van der Waals surface area (Å²) in [5.41, 5.74) is 1.46. The molecule has 0 saturated heterocycles. The number of carbonyl (C=O) groups excluding carboxylic acids is 1. The lowest BCUT2D eigenvalue weighted by Gasteiger charge is -2.22. The summed E-state index contributed by atoms with van der Waals surface area (Å²) in [4.78, 5) is 12.4. The molecule has 2 aromatic rings. The fourth-order valence-corrected chi connectivity index (χ4v) is 3.57. The maximum Gasteiger partial charge on any atom is 0.264 e. The van der Waals surface area contributed by atoms with Crippen molar-refractivity contribution in [1.82, 2.24) is 5.32 Å². The van der Waals surface area contributed by atoms with Crippen molar-refractivity contribution in [2.24, 2.45) is 0 Å². The summed E-state index contributed by atoms with van der Waals surface area (Å²) in [7, 11) is -2.25. The van der Waals surface area contributed by atoms with Gasteiger partial charge in [-0.25, -0.2) is 8.42 Å². The van der Waals surface area contributed by atoms with Gasteiger partial charge < -0.3 is 5.32 Å². The van der Waals surface area contributed by atoms with Gasteiger partial charge in [0.15, 0.2) is 0 Å². The Morgan fingerprint density at radius 3 is 2.28 bits per heavy atom. The first-order chi connectivity index (χ1) is 11.5. The van der Waals surface area contributed by atoms with Gasteiger partial charge in [0, 0.05) is 18.2 Å². The SMILES string of the molecule is Cc1cccc(N(C)S(=O)(=O)c2cccc(C(=O)NC(C)(C)C)c2)c1. The summed E-state index contributed by atoms with van der Waals surface area (Å²) in [6.45, 7) is 7.52. The average Bonchev–Trinajstić information content (AvgIpc) is 2.52. The number of benzene rings is 2. The van der Waals surface area contributed by atoms with Gasteiger partial charge in [0.05, 0.1) is 10.6 Å². The summed E-state index contributed by atoms with van der Waals surface area (Å²) >= 11 is 0. The van der Waals surface area contributed by atoms with Crippen LogP contribution in [0.4, 0.5) is 5.69 Å². The lowest BCUT2D eigenvalue weighted by Crippen LogP contribution is -2.40. The molecule has 0 aliphatic rings. The standard InChI is InChI=1S/C19H24N2O3S/c1-14-8-6-10-16(12-14)21(5)25(23,24)17-11-7-9-15(13-17)18(22)20-19(2,3)4/h6-13H,1-5H3,(H,20,22). The highest BCUT2D eigenvalue weighted by atomic mass is 32.2. The number of carbonyl (C=O) groups is 1. The van der Waals surface area contributed by atoms with E-state index in [-0.39, 0.29) is 10.8 Å². The largest absolute Gasteiger partial charge is 0.347 e. The van der Waals surface area contributed by atoms with Crippen molar-refractivity contribution in [1.29, 1.82) is 0 Å². The van der Waals surface area contributed by atoms with Crippen LogP contribution in [0.2, 0.25) is 0 Å². The van der Waals surface area contributed by atoms with E-state index in [1.807, 2.05) is 39.8 Å². The third-order valence-corrected chi connectivity index (χ3v) is 5.39. The van der Waals surface area contributed by atoms with Crippen LogP contribution < -0.4 is 9.62 Å². The summed E-state index contributed by atoms with van der Waals surface area (Å²) in [5.74, 6) is -0.303. The van der Waals surface area contributed by atoms with Crippen LogP contribution in [0.3, 0.4) is 0 Å². The monoisotopic (exact) mass is 360 g/mol. The minimum absolute atomic E-state index is 0.0815. The maximum atomic E-state index is 12.9. The molecular formula is C19H24N2O3S. The fourth-order valence-electron chi connectivity index (χ4n) is 2.33. The lowest BCUT2D eigenvalue weighted by molar-refractivity contribution is 0.0919. The highest BCUT2D eigenvalue weighted by molar-refractivity contribution is 7.92. The third kappa shape index (κ3) is 4.60. The summed E-state index contributed by atoms with van der Waals surface area (Å²) in [5, 5.41) is 2.84. The van der Waals surface area contributed by atoms with E-state index in [1.54, 1.807) is 24.3 Å². The number of aryl methyl sites for hydroxylation is 1. The highest BCUT2D eigenvalue weighted by Crippen LogP contribution is 2.23. The zero-order valence-electron chi connectivity index (χ0n) is 15.2. The Morgan fingerprint density at radius 1 is 1.04 bits per heavy atom. The van der Waals surface area contributed by atoms with E-state index in [2.05, 4.69) is 5.32 Å². The molecule has 0 heterocycles. The Labute approximate surface area is 149 Å². The first kappa shape index (κ1) is 19.0. The van der Waals surface area contributed by atoms with E-state index in [1.165, 1.54) is 23.5 Å². The van der Waals surface area contributed by atoms with Crippen molar-refractivity contribution in [3.8, 4) is 0 Å². The topological polar surface area (TPSA) is 66.5 Å². The molecule has 0 fully saturated rings. The van der Waals surface area contributed by atoms with Crippen molar-refractivity contribution in [2.75, 3.05) is 11.4 Å². The maximum absolute atomic E-state index is 12.9. The predicted octanol–water partition coefficient (Wildman–Crippen LogP) is 3.35. The molecule has 134 valence electrons. The molecule has 1 N–H and O–H groups in total. The van der Waals surface area contributed by atoms with E-state index in [0.717, 1.165) is 5.56 Å². The minimum Gasteiger partial charge on any atom is -0.347 e. The molecule has 0 bridgehead atoms. The molecule has 25 heavy (non-hydrogen) atoms. The molecule has 2 aromatic carbocycles. The van der Waals surface area contributed by atoms with Gasteiger partial charge in [0.1, 0.15) is 0 Å². The van der Waals surface area contributed by atoms with Gasteiger partial charge in [0.25, 0.3) is 15.9 Å². The van der Waals surface area contributed by atoms with E-state index in [0.29, 0.717) is 11.3 Å². The van der Waals surface area contributed by atoms with Crippen LogP contribution in [-0.4, -0.2) is 26.9 Å². The van der Waals surface area contributed by atoms with Crippen LogP contribution in [0.25, 0.3) is 0 Å². The van der Waals surface area contributed by atoms with Crippen molar-refractivity contribution < 1.29 is 13.2 Å². The smallest absolute Gasteiger partial charge is 0.264 e. The molecule has 1 amide bonds. The molecule has 0 unspecified atom stereocenters. The zero-order valence-corrected chi connectivity index (χ0v) is 16.0. The number of hydrogen-bond acceptors (Lipinski definition) is 3. The van der Waals surface area contributed by atoms with Crippen LogP contribution in [-0.2, 0) is 10.0 Å². The van der Waals surface area contributed by atoms with E-state index < -0.39 is 15.6 Å². The van der Waals surface area contributed by atoms with Crippen LogP contribution in [0.15, 0.2) is 53.4 Å². The number of anilines is 1. The molecular weight excluding hydrogens is 336 g/mol. The van der Waals surface area contributed by atoms with Crippen molar-refractivity contribution in [3.05, 3.63) is 59.7 Å². The molecule has 2 rings (SSSR count). The Bertz CT molecular complexity index is 884. The van der Waals surface area contributed by atoms with Crippen LogP contribution in [0.5, 0.6) is 0 Å². The number of hydrogen-bond donors (Lipinski definition) is 1. The number of sulfonamides is 1. The predicted molar refractivity (Wildman–Crippen MR) is 100 cm³/mol. The Kier molecular flexibility index (Phi) is 5.23. The van der Waals surface area contributed by atoms with E-state index >= 15 is 0 Å². The first-order valence-electron chi connectivity index (χ1n) is 7.99. The van der Waals surface area contributed by atoms with Gasteiger partial charge in [-0.15, -0.1) is 0 Å². The van der Waals surface area contributed by atoms with Crippen molar-refractivity contribution >= 4 is 21.6 Å². The van der Waals surface area contributed by atoms with Gasteiger partial charge in [0.2, 0.25) is 0 Å². The molecule has 0 saturated carbocycles. The fraction of sp³-hybridized carbons (Fsp3) is 0.316. The van der Waals surface area contributed by atoms with Gasteiger partial charge in [-0.1, -0.05) is 18.2 Å². The minimum atomic E-state index is -3.76. The summed E-state index contributed by atoms with van der Waals surface area (Å²) in [6, 6.07) is 13.3. The number of nitrogens with zero attached hydrogens (tertiary/aromatic N) is 1. The molecule has 0 aromatic heterocycles.